The molecule has 2 aromatic carbocycles. The van der Waals surface area contributed by atoms with Crippen molar-refractivity contribution in [1.82, 2.24) is 9.80 Å². The first-order valence-corrected chi connectivity index (χ1v) is 9.56. The van der Waals surface area contributed by atoms with Crippen molar-refractivity contribution < 1.29 is 23.5 Å². The SMILES string of the molecule is COc1ccc(C(=O)N2CCN(C(=O)c3cc(F)c(Cl)cc3Cl)CC2)c(OC)c1. The molecule has 0 radical (unpaired) electrons. The lowest BCUT2D eigenvalue weighted by atomic mass is 10.1. The van der Waals surface area contributed by atoms with Gasteiger partial charge < -0.3 is 19.3 Å². The van der Waals surface area contributed by atoms with Crippen LogP contribution in [0.5, 0.6) is 11.5 Å². The van der Waals surface area contributed by atoms with Gasteiger partial charge in [0.05, 0.1) is 35.4 Å². The van der Waals surface area contributed by atoms with E-state index in [-0.39, 0.29) is 21.5 Å². The highest BCUT2D eigenvalue weighted by Crippen LogP contribution is 2.28. The molecule has 0 aliphatic carbocycles. The van der Waals surface area contributed by atoms with Crippen molar-refractivity contribution in [2.45, 2.75) is 0 Å². The summed E-state index contributed by atoms with van der Waals surface area (Å²) in [4.78, 5) is 28.7. The minimum absolute atomic E-state index is 0.0465. The number of carbonyl (C=O) groups excluding carboxylic acids is 2. The van der Waals surface area contributed by atoms with Crippen LogP contribution in [0, 0.1) is 5.82 Å². The summed E-state index contributed by atoms with van der Waals surface area (Å²) < 4.78 is 24.2. The number of carbonyl (C=O) groups is 2. The van der Waals surface area contributed by atoms with Crippen LogP contribution in [0.3, 0.4) is 0 Å². The second-order valence-electron chi connectivity index (χ2n) is 6.40. The molecule has 1 aliphatic rings. The van der Waals surface area contributed by atoms with Crippen LogP contribution in [-0.4, -0.2) is 62.0 Å². The molecule has 1 fully saturated rings. The van der Waals surface area contributed by atoms with Crippen LogP contribution in [0.4, 0.5) is 4.39 Å². The molecule has 9 heteroatoms. The molecule has 2 amide bonds. The molecule has 0 aromatic heterocycles. The molecule has 154 valence electrons. The van der Waals surface area contributed by atoms with Gasteiger partial charge in [-0.1, -0.05) is 23.2 Å². The van der Waals surface area contributed by atoms with E-state index >= 15 is 0 Å². The van der Waals surface area contributed by atoms with Gasteiger partial charge in [-0.3, -0.25) is 9.59 Å². The van der Waals surface area contributed by atoms with Crippen LogP contribution in [0.25, 0.3) is 0 Å². The molecule has 0 atom stereocenters. The van der Waals surface area contributed by atoms with Crippen molar-refractivity contribution in [3.8, 4) is 11.5 Å². The van der Waals surface area contributed by atoms with E-state index in [1.54, 1.807) is 23.1 Å². The lowest BCUT2D eigenvalue weighted by Gasteiger charge is -2.35. The summed E-state index contributed by atoms with van der Waals surface area (Å²) >= 11 is 11.7. The maximum Gasteiger partial charge on any atom is 0.257 e. The molecule has 29 heavy (non-hydrogen) atoms. The quantitative estimate of drug-likeness (QED) is 0.679. The van der Waals surface area contributed by atoms with Crippen LogP contribution in [-0.2, 0) is 0 Å². The van der Waals surface area contributed by atoms with E-state index in [9.17, 15) is 14.0 Å². The molecule has 0 saturated carbocycles. The van der Waals surface area contributed by atoms with Gasteiger partial charge in [-0.05, 0) is 24.3 Å². The van der Waals surface area contributed by atoms with E-state index in [0.717, 1.165) is 6.07 Å². The molecule has 3 rings (SSSR count). The van der Waals surface area contributed by atoms with E-state index in [0.29, 0.717) is 43.2 Å². The average molecular weight is 441 g/mol. The highest BCUT2D eigenvalue weighted by atomic mass is 35.5. The normalized spacial score (nSPS) is 14.0. The first-order chi connectivity index (χ1) is 13.8. The molecule has 1 saturated heterocycles. The first kappa shape index (κ1) is 21.2. The van der Waals surface area contributed by atoms with Crippen LogP contribution in [0.1, 0.15) is 20.7 Å². The molecule has 2 aromatic rings. The number of nitrogens with zero attached hydrogens (tertiary/aromatic N) is 2. The Morgan fingerprint density at radius 3 is 2.00 bits per heavy atom. The number of amides is 2. The minimum Gasteiger partial charge on any atom is -0.497 e. The van der Waals surface area contributed by atoms with Gasteiger partial charge in [0.15, 0.2) is 0 Å². The number of rotatable bonds is 4. The van der Waals surface area contributed by atoms with Crippen molar-refractivity contribution in [2.24, 2.45) is 0 Å². The molecular weight excluding hydrogens is 422 g/mol. The molecule has 6 nitrogen and oxygen atoms in total. The Morgan fingerprint density at radius 1 is 0.862 bits per heavy atom. The van der Waals surface area contributed by atoms with E-state index in [1.165, 1.54) is 25.2 Å². The fourth-order valence-corrected chi connectivity index (χ4v) is 3.58. The number of hydrogen-bond donors (Lipinski definition) is 0. The van der Waals surface area contributed by atoms with Gasteiger partial charge in [0.2, 0.25) is 0 Å². The fourth-order valence-electron chi connectivity index (χ4n) is 3.11. The van der Waals surface area contributed by atoms with Gasteiger partial charge in [0, 0.05) is 32.2 Å². The topological polar surface area (TPSA) is 59.1 Å². The maximum atomic E-state index is 13.7. The molecule has 1 heterocycles. The fraction of sp³-hybridized carbons (Fsp3) is 0.300. The zero-order valence-corrected chi connectivity index (χ0v) is 17.4. The summed E-state index contributed by atoms with van der Waals surface area (Å²) in [5.41, 5.74) is 0.459. The third-order valence-corrected chi connectivity index (χ3v) is 5.34. The van der Waals surface area contributed by atoms with E-state index in [4.69, 9.17) is 32.7 Å². The van der Waals surface area contributed by atoms with Gasteiger partial charge in [0.25, 0.3) is 11.8 Å². The van der Waals surface area contributed by atoms with Gasteiger partial charge in [-0.15, -0.1) is 0 Å². The number of halogens is 3. The van der Waals surface area contributed by atoms with Crippen LogP contribution in [0.15, 0.2) is 30.3 Å². The second-order valence-corrected chi connectivity index (χ2v) is 7.21. The number of methoxy groups -OCH3 is 2. The lowest BCUT2D eigenvalue weighted by molar-refractivity contribution is 0.0533. The summed E-state index contributed by atoms with van der Waals surface area (Å²) in [6.45, 7) is 1.24. The highest BCUT2D eigenvalue weighted by molar-refractivity contribution is 6.36. The zero-order valence-electron chi connectivity index (χ0n) is 15.9. The van der Waals surface area contributed by atoms with E-state index in [1.807, 2.05) is 0 Å². The summed E-state index contributed by atoms with van der Waals surface area (Å²) in [7, 11) is 3.02. The van der Waals surface area contributed by atoms with Crippen LogP contribution < -0.4 is 9.47 Å². The van der Waals surface area contributed by atoms with Gasteiger partial charge in [-0.2, -0.15) is 0 Å². The predicted octanol–water partition coefficient (Wildman–Crippen LogP) is 3.75. The Kier molecular flexibility index (Phi) is 6.49. The summed E-state index contributed by atoms with van der Waals surface area (Å²) in [6, 6.07) is 7.22. The molecule has 0 unspecified atom stereocenters. The molecule has 0 N–H and O–H groups in total. The van der Waals surface area contributed by atoms with Crippen molar-refractivity contribution in [3.63, 3.8) is 0 Å². The molecular formula is C20H19Cl2FN2O4. The highest BCUT2D eigenvalue weighted by Gasteiger charge is 2.28. The third-order valence-electron chi connectivity index (χ3n) is 4.73. The first-order valence-electron chi connectivity index (χ1n) is 8.80. The summed E-state index contributed by atoms with van der Waals surface area (Å²) in [5, 5.41) is -0.0571. The van der Waals surface area contributed by atoms with E-state index < -0.39 is 11.7 Å². The Balaban J connectivity index is 1.70. The average Bonchev–Trinajstić information content (AvgIpc) is 2.74. The zero-order chi connectivity index (χ0) is 21.1. The van der Waals surface area contributed by atoms with Crippen molar-refractivity contribution in [2.75, 3.05) is 40.4 Å². The van der Waals surface area contributed by atoms with Gasteiger partial charge in [0.1, 0.15) is 17.3 Å². The Morgan fingerprint density at radius 2 is 1.45 bits per heavy atom. The second kappa shape index (κ2) is 8.88. The molecule has 0 spiro atoms. The van der Waals surface area contributed by atoms with Crippen LogP contribution >= 0.6 is 23.2 Å². The van der Waals surface area contributed by atoms with Gasteiger partial charge in [-0.25, -0.2) is 4.39 Å². The summed E-state index contributed by atoms with van der Waals surface area (Å²) in [5.74, 6) is -0.316. The van der Waals surface area contributed by atoms with Crippen molar-refractivity contribution in [3.05, 3.63) is 57.3 Å². The Labute approximate surface area is 177 Å². The lowest BCUT2D eigenvalue weighted by Crippen LogP contribution is -2.50. The summed E-state index contributed by atoms with van der Waals surface area (Å²) in [6.07, 6.45) is 0. The Bertz CT molecular complexity index is 946. The standard InChI is InChI=1S/C20H19Cl2FN2O4/c1-28-12-3-4-13(18(9-12)29-2)19(26)24-5-7-25(8-6-24)20(27)14-10-17(23)16(22)11-15(14)21/h3-4,9-11H,5-8H2,1-2H3. The number of benzene rings is 2. The van der Waals surface area contributed by atoms with Crippen molar-refractivity contribution >= 4 is 35.0 Å². The minimum atomic E-state index is -0.708. The van der Waals surface area contributed by atoms with Crippen LogP contribution in [0.2, 0.25) is 10.0 Å². The number of piperazine rings is 1. The molecule has 0 bridgehead atoms. The number of hydrogen-bond acceptors (Lipinski definition) is 4. The smallest absolute Gasteiger partial charge is 0.257 e. The number of ether oxygens (including phenoxy) is 2. The maximum absolute atomic E-state index is 13.7. The monoisotopic (exact) mass is 440 g/mol. The van der Waals surface area contributed by atoms with Gasteiger partial charge >= 0.3 is 0 Å². The van der Waals surface area contributed by atoms with E-state index in [2.05, 4.69) is 0 Å². The van der Waals surface area contributed by atoms with Crippen molar-refractivity contribution in [1.29, 1.82) is 0 Å². The predicted molar refractivity (Wildman–Crippen MR) is 108 cm³/mol. The molecule has 1 aliphatic heterocycles. The third kappa shape index (κ3) is 4.41. The Hall–Kier alpha value is -2.51. The largest absolute Gasteiger partial charge is 0.497 e.